The molecule has 1 N–H and O–H groups in total. The van der Waals surface area contributed by atoms with E-state index in [-0.39, 0.29) is 18.2 Å². The third-order valence-corrected chi connectivity index (χ3v) is 4.29. The summed E-state index contributed by atoms with van der Waals surface area (Å²) in [7, 11) is 0. The van der Waals surface area contributed by atoms with Crippen molar-refractivity contribution in [1.29, 1.82) is 0 Å². The lowest BCUT2D eigenvalue weighted by Gasteiger charge is -2.14. The molecule has 0 aliphatic carbocycles. The summed E-state index contributed by atoms with van der Waals surface area (Å²) in [5.74, 6) is 0.701. The Labute approximate surface area is 134 Å². The molecule has 0 aromatic heterocycles. The van der Waals surface area contributed by atoms with Crippen molar-refractivity contribution in [2.45, 2.75) is 12.5 Å². The molecule has 0 spiro atoms. The average Bonchev–Trinajstić information content (AvgIpc) is 2.92. The number of rotatable bonds is 3. The topological polar surface area (TPSA) is 38.7 Å². The van der Waals surface area contributed by atoms with E-state index in [0.29, 0.717) is 27.1 Å². The van der Waals surface area contributed by atoms with E-state index in [2.05, 4.69) is 15.9 Å². The fourth-order valence-corrected chi connectivity index (χ4v) is 2.99. The highest BCUT2D eigenvalue weighted by molar-refractivity contribution is 9.10. The summed E-state index contributed by atoms with van der Waals surface area (Å²) < 4.78 is 24.7. The van der Waals surface area contributed by atoms with Crippen LogP contribution in [0.15, 0.2) is 34.8 Å². The fraction of sp³-hybridized carbons (Fsp3) is 0.200. The first-order chi connectivity index (χ1) is 10.1. The van der Waals surface area contributed by atoms with Gasteiger partial charge in [-0.3, -0.25) is 0 Å². The molecule has 1 atom stereocenters. The van der Waals surface area contributed by atoms with Gasteiger partial charge < -0.3 is 14.6 Å². The zero-order valence-electron chi connectivity index (χ0n) is 10.8. The van der Waals surface area contributed by atoms with Crippen LogP contribution in [0.1, 0.15) is 17.2 Å². The molecule has 2 aromatic rings. The summed E-state index contributed by atoms with van der Waals surface area (Å²) in [4.78, 5) is 0. The maximum absolute atomic E-state index is 13.4. The van der Waals surface area contributed by atoms with Crippen LogP contribution >= 0.6 is 27.5 Å². The summed E-state index contributed by atoms with van der Waals surface area (Å²) in [5.41, 5.74) is 1.20. The number of ether oxygens (including phenoxy) is 2. The van der Waals surface area contributed by atoms with Crippen molar-refractivity contribution in [2.24, 2.45) is 0 Å². The molecule has 0 saturated carbocycles. The van der Waals surface area contributed by atoms with E-state index >= 15 is 0 Å². The maximum atomic E-state index is 13.4. The molecule has 0 amide bonds. The van der Waals surface area contributed by atoms with E-state index in [1.54, 1.807) is 24.3 Å². The summed E-state index contributed by atoms with van der Waals surface area (Å²) >= 11 is 9.29. The van der Waals surface area contributed by atoms with Crippen molar-refractivity contribution >= 4 is 27.5 Å². The molecule has 3 rings (SSSR count). The molecular formula is C15H11BrClFO3. The van der Waals surface area contributed by atoms with E-state index in [0.717, 1.165) is 0 Å². The van der Waals surface area contributed by atoms with Crippen LogP contribution in [0.25, 0.3) is 0 Å². The monoisotopic (exact) mass is 372 g/mol. The predicted molar refractivity (Wildman–Crippen MR) is 80.3 cm³/mol. The molecule has 1 aliphatic heterocycles. The highest BCUT2D eigenvalue weighted by atomic mass is 79.9. The van der Waals surface area contributed by atoms with Crippen LogP contribution in [-0.2, 0) is 6.42 Å². The van der Waals surface area contributed by atoms with Crippen LogP contribution in [0.5, 0.6) is 11.5 Å². The van der Waals surface area contributed by atoms with Crippen molar-refractivity contribution in [2.75, 3.05) is 6.79 Å². The quantitative estimate of drug-likeness (QED) is 0.874. The second-order valence-electron chi connectivity index (χ2n) is 4.67. The molecule has 21 heavy (non-hydrogen) atoms. The minimum absolute atomic E-state index is 0.0383. The van der Waals surface area contributed by atoms with E-state index < -0.39 is 11.9 Å². The van der Waals surface area contributed by atoms with Gasteiger partial charge in [0.05, 0.1) is 15.6 Å². The fourth-order valence-electron chi connectivity index (χ4n) is 2.21. The van der Waals surface area contributed by atoms with E-state index in [1.807, 2.05) is 0 Å². The van der Waals surface area contributed by atoms with Crippen LogP contribution in [0.4, 0.5) is 4.39 Å². The summed E-state index contributed by atoms with van der Waals surface area (Å²) in [6, 6.07) is 8.02. The SMILES string of the molecule is OC(Cc1cccc(F)c1Cl)c1cc(Br)c2c(c1)OCO2. The van der Waals surface area contributed by atoms with Gasteiger partial charge in [-0.2, -0.15) is 0 Å². The van der Waals surface area contributed by atoms with Crippen LogP contribution in [0.2, 0.25) is 5.02 Å². The van der Waals surface area contributed by atoms with Crippen molar-refractivity contribution in [1.82, 2.24) is 0 Å². The minimum atomic E-state index is -0.824. The number of hydrogen-bond acceptors (Lipinski definition) is 3. The smallest absolute Gasteiger partial charge is 0.231 e. The standard InChI is InChI=1S/C15H11BrClFO3/c16-10-4-9(6-13-15(10)21-7-20-13)12(19)5-8-2-1-3-11(18)14(8)17/h1-4,6,12,19H,5,7H2. The van der Waals surface area contributed by atoms with Crippen molar-refractivity contribution in [3.63, 3.8) is 0 Å². The molecule has 2 aromatic carbocycles. The molecule has 3 nitrogen and oxygen atoms in total. The zero-order chi connectivity index (χ0) is 15.0. The van der Waals surface area contributed by atoms with E-state index in [4.69, 9.17) is 21.1 Å². The average molecular weight is 374 g/mol. The van der Waals surface area contributed by atoms with Gasteiger partial charge in [-0.05, 0) is 45.3 Å². The van der Waals surface area contributed by atoms with Crippen LogP contribution in [-0.4, -0.2) is 11.9 Å². The van der Waals surface area contributed by atoms with Crippen molar-refractivity contribution in [3.05, 3.63) is 56.8 Å². The Morgan fingerprint density at radius 2 is 2.14 bits per heavy atom. The summed E-state index contributed by atoms with van der Waals surface area (Å²) in [6.45, 7) is 0.156. The largest absolute Gasteiger partial charge is 0.454 e. The molecule has 1 unspecified atom stereocenters. The Morgan fingerprint density at radius 1 is 1.33 bits per heavy atom. The molecular weight excluding hydrogens is 363 g/mol. The van der Waals surface area contributed by atoms with Gasteiger partial charge in [0.25, 0.3) is 0 Å². The Kier molecular flexibility index (Phi) is 4.06. The first-order valence-electron chi connectivity index (χ1n) is 6.26. The third-order valence-electron chi connectivity index (χ3n) is 3.28. The number of hydrogen-bond donors (Lipinski definition) is 1. The Balaban J connectivity index is 1.87. The minimum Gasteiger partial charge on any atom is -0.454 e. The molecule has 110 valence electrons. The molecule has 0 fully saturated rings. The lowest BCUT2D eigenvalue weighted by molar-refractivity contribution is 0.171. The normalized spacial score (nSPS) is 14.3. The maximum Gasteiger partial charge on any atom is 0.231 e. The number of benzene rings is 2. The van der Waals surface area contributed by atoms with Crippen molar-refractivity contribution < 1.29 is 19.0 Å². The van der Waals surface area contributed by atoms with Gasteiger partial charge in [-0.25, -0.2) is 4.39 Å². The first kappa shape index (κ1) is 14.6. The van der Waals surface area contributed by atoms with E-state index in [9.17, 15) is 9.50 Å². The van der Waals surface area contributed by atoms with Gasteiger partial charge in [0, 0.05) is 6.42 Å². The van der Waals surface area contributed by atoms with Crippen LogP contribution in [0.3, 0.4) is 0 Å². The Morgan fingerprint density at radius 3 is 2.95 bits per heavy atom. The molecule has 1 heterocycles. The number of fused-ring (bicyclic) bond motifs is 1. The van der Waals surface area contributed by atoms with Gasteiger partial charge in [-0.1, -0.05) is 23.7 Å². The summed E-state index contributed by atoms with van der Waals surface area (Å²) in [6.07, 6.45) is -0.613. The van der Waals surface area contributed by atoms with Crippen molar-refractivity contribution in [3.8, 4) is 11.5 Å². The van der Waals surface area contributed by atoms with Gasteiger partial charge in [0.1, 0.15) is 5.82 Å². The zero-order valence-corrected chi connectivity index (χ0v) is 13.1. The highest BCUT2D eigenvalue weighted by Crippen LogP contribution is 2.41. The van der Waals surface area contributed by atoms with Crippen LogP contribution in [0, 0.1) is 5.82 Å². The van der Waals surface area contributed by atoms with Gasteiger partial charge in [0.2, 0.25) is 6.79 Å². The number of aliphatic hydroxyl groups is 1. The lowest BCUT2D eigenvalue weighted by Crippen LogP contribution is -2.03. The lowest BCUT2D eigenvalue weighted by atomic mass is 10.0. The Hall–Kier alpha value is -1.30. The molecule has 0 bridgehead atoms. The van der Waals surface area contributed by atoms with Gasteiger partial charge in [0.15, 0.2) is 11.5 Å². The molecule has 0 radical (unpaired) electrons. The summed E-state index contributed by atoms with van der Waals surface area (Å²) in [5, 5.41) is 10.4. The van der Waals surface area contributed by atoms with Crippen LogP contribution < -0.4 is 9.47 Å². The second-order valence-corrected chi connectivity index (χ2v) is 5.90. The number of aliphatic hydroxyl groups excluding tert-OH is 1. The van der Waals surface area contributed by atoms with E-state index in [1.165, 1.54) is 6.07 Å². The van der Waals surface area contributed by atoms with Gasteiger partial charge in [-0.15, -0.1) is 0 Å². The molecule has 1 aliphatic rings. The number of halogens is 3. The first-order valence-corrected chi connectivity index (χ1v) is 7.43. The van der Waals surface area contributed by atoms with Gasteiger partial charge >= 0.3 is 0 Å². The molecule has 0 saturated heterocycles. The Bertz CT molecular complexity index is 693. The molecule has 6 heteroatoms. The highest BCUT2D eigenvalue weighted by Gasteiger charge is 2.21. The predicted octanol–water partition coefficient (Wildman–Crippen LogP) is 4.25. The second kappa shape index (κ2) is 5.83. The third kappa shape index (κ3) is 2.86.